The van der Waals surface area contributed by atoms with Gasteiger partial charge in [0, 0.05) is 34.8 Å². The summed E-state index contributed by atoms with van der Waals surface area (Å²) in [6.07, 6.45) is -1.01. The van der Waals surface area contributed by atoms with Crippen LogP contribution in [-0.4, -0.2) is 33.3 Å². The molecule has 7 nitrogen and oxygen atoms in total. The van der Waals surface area contributed by atoms with Crippen molar-refractivity contribution in [3.63, 3.8) is 0 Å². The van der Waals surface area contributed by atoms with E-state index in [4.69, 9.17) is 14.4 Å². The van der Waals surface area contributed by atoms with Gasteiger partial charge < -0.3 is 14.9 Å². The zero-order valence-corrected chi connectivity index (χ0v) is 17.3. The maximum absolute atomic E-state index is 13.1. The van der Waals surface area contributed by atoms with Crippen LogP contribution in [0.3, 0.4) is 0 Å². The number of nitrogens with zero attached hydrogens (tertiary/aromatic N) is 2. The van der Waals surface area contributed by atoms with Gasteiger partial charge in [-0.25, -0.2) is 9.18 Å². The number of benzene rings is 2. The number of anilines is 1. The number of carboxylic acid groups (broad SMARTS) is 1. The maximum Gasteiger partial charge on any atom is 0.490 e. The molecule has 0 saturated carbocycles. The van der Waals surface area contributed by atoms with Gasteiger partial charge in [-0.2, -0.15) is 13.2 Å². The minimum absolute atomic E-state index is 0.107. The number of aromatic nitrogens is 2. The molecule has 0 unspecified atom stereocenters. The van der Waals surface area contributed by atoms with E-state index < -0.39 is 12.1 Å². The van der Waals surface area contributed by atoms with Crippen molar-refractivity contribution in [1.82, 2.24) is 10.1 Å². The molecule has 0 spiro atoms. The summed E-state index contributed by atoms with van der Waals surface area (Å²) in [7, 11) is 0. The van der Waals surface area contributed by atoms with Crippen LogP contribution in [0.2, 0.25) is 0 Å². The van der Waals surface area contributed by atoms with E-state index in [0.29, 0.717) is 12.2 Å². The number of nitrogens with one attached hydrogen (secondary N) is 1. The molecule has 4 rings (SSSR count). The fourth-order valence-corrected chi connectivity index (χ4v) is 2.90. The quantitative estimate of drug-likeness (QED) is 0.383. The fourth-order valence-electron chi connectivity index (χ4n) is 2.90. The van der Waals surface area contributed by atoms with Gasteiger partial charge in [0.05, 0.1) is 11.7 Å². The molecule has 2 aromatic heterocycles. The van der Waals surface area contributed by atoms with E-state index >= 15 is 0 Å². The average molecular weight is 475 g/mol. The molecule has 0 aliphatic heterocycles. The third-order valence-electron chi connectivity index (χ3n) is 4.50. The molecule has 0 aliphatic rings. The molecule has 0 bridgehead atoms. The first-order valence-electron chi connectivity index (χ1n) is 9.78. The molecule has 176 valence electrons. The number of aryl methyl sites for hydroxylation is 1. The fraction of sp³-hybridized carbons (Fsp3) is 0.130. The number of aliphatic carboxylic acids is 1. The van der Waals surface area contributed by atoms with Crippen molar-refractivity contribution < 1.29 is 36.8 Å². The Kier molecular flexibility index (Phi) is 7.57. The van der Waals surface area contributed by atoms with Crippen molar-refractivity contribution in [2.24, 2.45) is 0 Å². The molecule has 34 heavy (non-hydrogen) atoms. The van der Waals surface area contributed by atoms with Crippen LogP contribution in [0.25, 0.3) is 22.2 Å². The highest BCUT2D eigenvalue weighted by atomic mass is 19.4. The van der Waals surface area contributed by atoms with E-state index in [1.165, 1.54) is 12.1 Å². The van der Waals surface area contributed by atoms with Gasteiger partial charge in [-0.3, -0.25) is 9.78 Å². The van der Waals surface area contributed by atoms with Crippen molar-refractivity contribution >= 4 is 28.5 Å². The highest BCUT2D eigenvalue weighted by Crippen LogP contribution is 2.25. The molecule has 1 amide bonds. The second kappa shape index (κ2) is 10.6. The molecule has 0 atom stereocenters. The lowest BCUT2D eigenvalue weighted by Crippen LogP contribution is -2.21. The highest BCUT2D eigenvalue weighted by Gasteiger charge is 2.38. The predicted molar refractivity (Wildman–Crippen MR) is 114 cm³/mol. The Balaban J connectivity index is 0.000000406. The average Bonchev–Trinajstić information content (AvgIpc) is 3.26. The van der Waals surface area contributed by atoms with Crippen LogP contribution >= 0.6 is 0 Å². The third kappa shape index (κ3) is 6.61. The Morgan fingerprint density at radius 1 is 1.06 bits per heavy atom. The minimum atomic E-state index is -5.08. The molecule has 2 N–H and O–H groups in total. The summed E-state index contributed by atoms with van der Waals surface area (Å²) in [6, 6.07) is 15.4. The number of fused-ring (bicyclic) bond motifs is 1. The maximum atomic E-state index is 13.1. The van der Waals surface area contributed by atoms with Crippen molar-refractivity contribution in [3.8, 4) is 11.3 Å². The number of halogens is 4. The summed E-state index contributed by atoms with van der Waals surface area (Å²) in [6.45, 7) is 0. The van der Waals surface area contributed by atoms with Crippen LogP contribution in [0.15, 0.2) is 71.5 Å². The Morgan fingerprint density at radius 3 is 2.44 bits per heavy atom. The highest BCUT2D eigenvalue weighted by molar-refractivity contribution is 5.93. The summed E-state index contributed by atoms with van der Waals surface area (Å²) in [5, 5.41) is 14.8. The lowest BCUT2D eigenvalue weighted by Gasteiger charge is -2.06. The molecule has 0 aliphatic carbocycles. The zero-order chi connectivity index (χ0) is 24.7. The van der Waals surface area contributed by atoms with Gasteiger partial charge in [0.15, 0.2) is 5.76 Å². The first kappa shape index (κ1) is 24.4. The van der Waals surface area contributed by atoms with Gasteiger partial charge in [-0.15, -0.1) is 0 Å². The van der Waals surface area contributed by atoms with Crippen molar-refractivity contribution in [2.75, 3.05) is 5.32 Å². The number of carbonyl (C=O) groups is 2. The Bertz CT molecular complexity index is 1290. The predicted octanol–water partition coefficient (Wildman–Crippen LogP) is 5.23. The van der Waals surface area contributed by atoms with E-state index in [1.54, 1.807) is 24.5 Å². The van der Waals surface area contributed by atoms with Gasteiger partial charge in [0.2, 0.25) is 5.91 Å². The van der Waals surface area contributed by atoms with Gasteiger partial charge in [-0.05, 0) is 55.0 Å². The summed E-state index contributed by atoms with van der Waals surface area (Å²) >= 11 is 0. The normalized spacial score (nSPS) is 10.9. The number of carbonyl (C=O) groups excluding carboxylic acids is 1. The number of amides is 1. The van der Waals surface area contributed by atoms with E-state index in [0.717, 1.165) is 27.7 Å². The summed E-state index contributed by atoms with van der Waals surface area (Å²) in [4.78, 5) is 25.5. The SMILES string of the molecule is O=C(CCc1cnoc1-c1ccc(F)cc1)Nc1ccc2ncccc2c1.O=C(O)C(F)(F)F. The molecule has 0 saturated heterocycles. The van der Waals surface area contributed by atoms with Gasteiger partial charge in [0.25, 0.3) is 0 Å². The number of hydrogen-bond donors (Lipinski definition) is 2. The zero-order valence-electron chi connectivity index (χ0n) is 17.3. The van der Waals surface area contributed by atoms with Gasteiger partial charge in [-0.1, -0.05) is 11.2 Å². The molecule has 2 heterocycles. The number of pyridine rings is 1. The van der Waals surface area contributed by atoms with E-state index in [1.807, 2.05) is 30.3 Å². The molecule has 0 radical (unpaired) electrons. The number of hydrogen-bond acceptors (Lipinski definition) is 5. The number of rotatable bonds is 5. The van der Waals surface area contributed by atoms with Crippen LogP contribution in [0.1, 0.15) is 12.0 Å². The Labute approximate surface area is 190 Å². The molecule has 11 heteroatoms. The molecular weight excluding hydrogens is 458 g/mol. The molecule has 2 aromatic carbocycles. The first-order valence-corrected chi connectivity index (χ1v) is 9.78. The second-order valence-electron chi connectivity index (χ2n) is 6.95. The van der Waals surface area contributed by atoms with Crippen LogP contribution in [-0.2, 0) is 16.0 Å². The molecule has 4 aromatic rings. The van der Waals surface area contributed by atoms with Gasteiger partial charge >= 0.3 is 12.1 Å². The summed E-state index contributed by atoms with van der Waals surface area (Å²) in [5.41, 5.74) is 3.14. The Morgan fingerprint density at radius 2 is 1.76 bits per heavy atom. The van der Waals surface area contributed by atoms with Crippen molar-refractivity contribution in [2.45, 2.75) is 19.0 Å². The largest absolute Gasteiger partial charge is 0.490 e. The molecule has 0 fully saturated rings. The smallest absolute Gasteiger partial charge is 0.475 e. The lowest BCUT2D eigenvalue weighted by molar-refractivity contribution is -0.192. The van der Waals surface area contributed by atoms with E-state index in [9.17, 15) is 22.4 Å². The summed E-state index contributed by atoms with van der Waals surface area (Å²) in [5.74, 6) is -2.62. The Hall–Kier alpha value is -4.28. The second-order valence-corrected chi connectivity index (χ2v) is 6.95. The minimum Gasteiger partial charge on any atom is -0.475 e. The van der Waals surface area contributed by atoms with Crippen LogP contribution in [0.5, 0.6) is 0 Å². The third-order valence-corrected chi connectivity index (χ3v) is 4.50. The monoisotopic (exact) mass is 475 g/mol. The number of carboxylic acids is 1. The van der Waals surface area contributed by atoms with Crippen molar-refractivity contribution in [3.05, 3.63) is 78.4 Å². The van der Waals surface area contributed by atoms with Crippen LogP contribution < -0.4 is 5.32 Å². The van der Waals surface area contributed by atoms with Gasteiger partial charge in [0.1, 0.15) is 5.82 Å². The topological polar surface area (TPSA) is 105 Å². The standard InChI is InChI=1S/C21H16FN3O2.C2HF3O2/c22-17-6-3-14(4-7-17)21-16(13-24-27-21)5-10-20(26)25-18-8-9-19-15(12-18)2-1-11-23-19;3-2(4,5)1(6)7/h1-4,6-9,11-13H,5,10H2,(H,25,26);(H,6,7). The van der Waals surface area contributed by atoms with Crippen molar-refractivity contribution in [1.29, 1.82) is 0 Å². The van der Waals surface area contributed by atoms with Crippen LogP contribution in [0, 0.1) is 5.82 Å². The van der Waals surface area contributed by atoms with E-state index in [-0.39, 0.29) is 18.1 Å². The number of alkyl halides is 3. The first-order chi connectivity index (χ1) is 16.1. The summed E-state index contributed by atoms with van der Waals surface area (Å²) < 4.78 is 50.1. The van der Waals surface area contributed by atoms with E-state index in [2.05, 4.69) is 15.5 Å². The lowest BCUT2D eigenvalue weighted by atomic mass is 10.1. The van der Waals surface area contributed by atoms with Crippen LogP contribution in [0.4, 0.5) is 23.2 Å². The molecular formula is C23H17F4N3O4.